The zero-order valence-corrected chi connectivity index (χ0v) is 3.37. The van der Waals surface area contributed by atoms with E-state index in [1.165, 1.54) is 0 Å². The third-order valence-corrected chi connectivity index (χ3v) is 0. The van der Waals surface area contributed by atoms with Crippen molar-refractivity contribution in [3.8, 4) is 0 Å². The Bertz CT molecular complexity index is 8.00. The summed E-state index contributed by atoms with van der Waals surface area (Å²) in [4.78, 5) is 0. The molecule has 0 radical (unpaired) electrons. The van der Waals surface area contributed by atoms with Gasteiger partial charge in [0.25, 0.3) is 0 Å². The van der Waals surface area contributed by atoms with Gasteiger partial charge in [0.15, 0.2) is 0 Å². The predicted octanol–water partition coefficient (Wildman–Crippen LogP) is 0.294. The van der Waals surface area contributed by atoms with E-state index in [-0.39, 0.29) is 18.9 Å². The first kappa shape index (κ1) is 8.90. The van der Waals surface area contributed by atoms with Crippen molar-refractivity contribution >= 4 is 35.1 Å². The fourth-order valence-electron chi connectivity index (χ4n) is 0. The molecule has 1 nitrogen and oxygen atoms in total. The van der Waals surface area contributed by atoms with Gasteiger partial charge in [0, 0.05) is 0 Å². The van der Waals surface area contributed by atoms with Crippen molar-refractivity contribution in [1.29, 1.82) is 0 Å². The molecule has 0 spiro atoms. The van der Waals surface area contributed by atoms with Crippen LogP contribution in [0.3, 0.4) is 0 Å². The van der Waals surface area contributed by atoms with Crippen LogP contribution in [0.1, 0.15) is 0 Å². The van der Waals surface area contributed by atoms with Crippen molar-refractivity contribution in [1.82, 2.24) is 0 Å². The summed E-state index contributed by atoms with van der Waals surface area (Å²) in [6.45, 7) is 0. The van der Waals surface area contributed by atoms with E-state index in [0.717, 1.165) is 0 Å². The molecule has 22 valence electrons. The van der Waals surface area contributed by atoms with Gasteiger partial charge in [0.1, 0.15) is 0 Å². The van der Waals surface area contributed by atoms with Gasteiger partial charge in [-0.05, 0) is 0 Å². The van der Waals surface area contributed by atoms with Gasteiger partial charge in [-0.1, -0.05) is 0 Å². The Morgan fingerprint density at radius 2 is 1.75 bits per heavy atom. The van der Waals surface area contributed by atoms with E-state index < -0.39 is 0 Å². The molecule has 0 amide bonds. The summed E-state index contributed by atoms with van der Waals surface area (Å²) in [5, 5.41) is 0. The van der Waals surface area contributed by atoms with Crippen LogP contribution in [0.5, 0.6) is 0 Å². The third-order valence-electron chi connectivity index (χ3n) is 0. The molecule has 3 heteroatoms. The summed E-state index contributed by atoms with van der Waals surface area (Å²) in [6, 6.07) is 0. The van der Waals surface area contributed by atoms with E-state index in [0.29, 0.717) is 0 Å². The maximum absolute atomic E-state index is 4.06. The molecule has 0 saturated heterocycles. The average molecular weight is 119 g/mol. The summed E-state index contributed by atoms with van der Waals surface area (Å²) in [5.41, 5.74) is 0. The Morgan fingerprint density at radius 1 is 1.75 bits per heavy atom. The van der Waals surface area contributed by atoms with Crippen molar-refractivity contribution in [2.75, 3.05) is 7.11 Å². The Morgan fingerprint density at radius 3 is 1.75 bits per heavy atom. The monoisotopic (exact) mass is 118 g/mol. The maximum atomic E-state index is 4.06. The SMILES string of the molecule is COBr.[LiH]. The molecule has 0 fully saturated rings. The van der Waals surface area contributed by atoms with Crippen molar-refractivity contribution in [2.24, 2.45) is 0 Å². The van der Waals surface area contributed by atoms with Crippen LogP contribution in [0, 0.1) is 0 Å². The topological polar surface area (TPSA) is 9.23 Å². The first-order valence-corrected chi connectivity index (χ1v) is 1.21. The van der Waals surface area contributed by atoms with Crippen LogP contribution < -0.4 is 0 Å². The Labute approximate surface area is 46.3 Å². The molecule has 0 aromatic rings. The number of rotatable bonds is 0. The van der Waals surface area contributed by atoms with Gasteiger partial charge in [-0.3, -0.25) is 0 Å². The van der Waals surface area contributed by atoms with Crippen LogP contribution in [0.15, 0.2) is 0 Å². The predicted molar refractivity (Wildman–Crippen MR) is 23.1 cm³/mol. The fourth-order valence-corrected chi connectivity index (χ4v) is 0. The molecule has 0 heterocycles. The summed E-state index contributed by atoms with van der Waals surface area (Å²) < 4.78 is 4.06. The van der Waals surface area contributed by atoms with Crippen LogP contribution in [0.25, 0.3) is 0 Å². The van der Waals surface area contributed by atoms with E-state index in [1.54, 1.807) is 7.11 Å². The van der Waals surface area contributed by atoms with Crippen LogP contribution in [-0.4, -0.2) is 26.0 Å². The summed E-state index contributed by atoms with van der Waals surface area (Å²) in [7, 11) is 1.54. The molecule has 0 unspecified atom stereocenters. The van der Waals surface area contributed by atoms with Gasteiger partial charge in [-0.25, -0.2) is 0 Å². The first-order chi connectivity index (χ1) is 1.41. The minimum atomic E-state index is 0. The van der Waals surface area contributed by atoms with Crippen LogP contribution in [-0.2, 0) is 3.83 Å². The number of halogens is 1. The fraction of sp³-hybridized carbons (Fsp3) is 1.00. The van der Waals surface area contributed by atoms with E-state index in [4.69, 9.17) is 0 Å². The summed E-state index contributed by atoms with van der Waals surface area (Å²) in [5.74, 6) is 0. The zero-order chi connectivity index (χ0) is 2.71. The van der Waals surface area contributed by atoms with E-state index in [1.807, 2.05) is 0 Å². The second-order valence-corrected chi connectivity index (χ2v) is 0.802. The van der Waals surface area contributed by atoms with Gasteiger partial charge >= 0.3 is 18.9 Å². The second kappa shape index (κ2) is 8.97. The van der Waals surface area contributed by atoms with Gasteiger partial charge in [0.2, 0.25) is 0 Å². The van der Waals surface area contributed by atoms with Crippen molar-refractivity contribution < 1.29 is 3.83 Å². The molecule has 4 heavy (non-hydrogen) atoms. The number of hydrogen-bond donors (Lipinski definition) is 0. The average Bonchev–Trinajstić information content (AvgIpc) is 0.918. The molecule has 0 aromatic carbocycles. The standard InChI is InChI=1S/CH3BrO.Li.H/c1-3-2;;/h1H3;;. The zero-order valence-electron chi connectivity index (χ0n) is 1.79. The molecule has 0 bridgehead atoms. The van der Waals surface area contributed by atoms with Crippen LogP contribution in [0.2, 0.25) is 0 Å². The van der Waals surface area contributed by atoms with Crippen LogP contribution >= 0.6 is 16.3 Å². The van der Waals surface area contributed by atoms with E-state index in [9.17, 15) is 0 Å². The molecule has 0 aromatic heterocycles. The Balaban J connectivity index is 0. The molecule has 0 aliphatic carbocycles. The van der Waals surface area contributed by atoms with E-state index in [2.05, 4.69) is 20.1 Å². The van der Waals surface area contributed by atoms with Gasteiger partial charge < -0.3 is 3.83 Å². The molecular weight excluding hydrogens is 115 g/mol. The van der Waals surface area contributed by atoms with E-state index >= 15 is 0 Å². The molecular formula is CH4BrLiO. The quantitative estimate of drug-likeness (QED) is 0.416. The molecule has 0 atom stereocenters. The van der Waals surface area contributed by atoms with Gasteiger partial charge in [-0.15, -0.1) is 0 Å². The van der Waals surface area contributed by atoms with Crippen molar-refractivity contribution in [3.05, 3.63) is 0 Å². The molecule has 0 N–H and O–H groups in total. The Kier molecular flexibility index (Phi) is 20.0. The summed E-state index contributed by atoms with van der Waals surface area (Å²) in [6.07, 6.45) is 0. The summed E-state index contributed by atoms with van der Waals surface area (Å²) >= 11 is 2.65. The van der Waals surface area contributed by atoms with Gasteiger partial charge in [-0.2, -0.15) is 0 Å². The normalized spacial score (nSPS) is 4.50. The molecule has 0 aliphatic heterocycles. The molecule has 0 rings (SSSR count). The van der Waals surface area contributed by atoms with Crippen molar-refractivity contribution in [2.45, 2.75) is 0 Å². The third kappa shape index (κ3) is 11.7. The van der Waals surface area contributed by atoms with Crippen LogP contribution in [0.4, 0.5) is 0 Å². The minimum absolute atomic E-state index is 0. The number of hydrogen-bond acceptors (Lipinski definition) is 1. The second-order valence-electron chi connectivity index (χ2n) is 0.154. The van der Waals surface area contributed by atoms with Crippen molar-refractivity contribution in [3.63, 3.8) is 0 Å². The van der Waals surface area contributed by atoms with Gasteiger partial charge in [0.05, 0.1) is 23.4 Å². The first-order valence-electron chi connectivity index (χ1n) is 0.563. The molecule has 0 saturated carbocycles. The molecule has 0 aliphatic rings. The Hall–Kier alpha value is 1.04.